The molecule has 1 aliphatic heterocycles. The van der Waals surface area contributed by atoms with Gasteiger partial charge in [0.15, 0.2) is 5.65 Å². The lowest BCUT2D eigenvalue weighted by Gasteiger charge is -2.38. The Kier molecular flexibility index (Phi) is 7.64. The SMILES string of the molecule is CN(C)CCNC(=O)C(=O)N(c1ccc(Cl)cc1)C1CCN(c2ncnc3[nH]nc(Br)c23)CC1. The van der Waals surface area contributed by atoms with E-state index in [0.29, 0.717) is 60.0 Å². The van der Waals surface area contributed by atoms with Crippen LogP contribution in [-0.4, -0.2) is 83.2 Å². The second kappa shape index (κ2) is 10.7. The molecular weight excluding hydrogens is 524 g/mol. The third kappa shape index (κ3) is 5.31. The predicted molar refractivity (Wildman–Crippen MR) is 135 cm³/mol. The van der Waals surface area contributed by atoms with Crippen molar-refractivity contribution in [3.8, 4) is 0 Å². The van der Waals surface area contributed by atoms with Crippen LogP contribution in [0, 0.1) is 0 Å². The molecule has 2 aromatic heterocycles. The van der Waals surface area contributed by atoms with Crippen molar-refractivity contribution in [3.05, 3.63) is 40.2 Å². The molecule has 3 heterocycles. The number of likely N-dealkylation sites (N-methyl/N-ethyl adjacent to an activating group) is 1. The number of anilines is 2. The van der Waals surface area contributed by atoms with Crippen molar-refractivity contribution in [2.75, 3.05) is 50.1 Å². The minimum absolute atomic E-state index is 0.144. The van der Waals surface area contributed by atoms with Crippen molar-refractivity contribution in [2.24, 2.45) is 0 Å². The molecule has 2 N–H and O–H groups in total. The van der Waals surface area contributed by atoms with E-state index in [4.69, 9.17) is 11.6 Å². The van der Waals surface area contributed by atoms with Crippen molar-refractivity contribution < 1.29 is 9.59 Å². The van der Waals surface area contributed by atoms with Gasteiger partial charge in [0.1, 0.15) is 16.7 Å². The largest absolute Gasteiger partial charge is 0.356 e. The maximum Gasteiger partial charge on any atom is 0.316 e. The quantitative estimate of drug-likeness (QED) is 0.455. The summed E-state index contributed by atoms with van der Waals surface area (Å²) in [5.74, 6) is -0.393. The fraction of sp³-hybridized carbons (Fsp3) is 0.409. The number of nitrogens with one attached hydrogen (secondary N) is 2. The van der Waals surface area contributed by atoms with Gasteiger partial charge in [-0.2, -0.15) is 5.10 Å². The number of nitrogens with zero attached hydrogens (tertiary/aromatic N) is 6. The minimum atomic E-state index is -0.612. The summed E-state index contributed by atoms with van der Waals surface area (Å²) in [7, 11) is 3.82. The second-order valence-corrected chi connectivity index (χ2v) is 9.55. The first-order chi connectivity index (χ1) is 16.3. The molecule has 0 unspecified atom stereocenters. The Bertz CT molecular complexity index is 1160. The summed E-state index contributed by atoms with van der Waals surface area (Å²) in [6.07, 6.45) is 2.84. The minimum Gasteiger partial charge on any atom is -0.356 e. The van der Waals surface area contributed by atoms with Crippen LogP contribution >= 0.6 is 27.5 Å². The van der Waals surface area contributed by atoms with Crippen LogP contribution < -0.4 is 15.1 Å². The zero-order chi connectivity index (χ0) is 24.2. The lowest BCUT2D eigenvalue weighted by molar-refractivity contribution is -0.138. The van der Waals surface area contributed by atoms with Crippen LogP contribution in [0.4, 0.5) is 11.5 Å². The number of rotatable bonds is 6. The molecular formula is C22H26BrClN8O2. The number of aromatic nitrogens is 4. The van der Waals surface area contributed by atoms with E-state index in [-0.39, 0.29) is 6.04 Å². The summed E-state index contributed by atoms with van der Waals surface area (Å²) in [4.78, 5) is 40.4. The van der Waals surface area contributed by atoms with Crippen molar-refractivity contribution >= 4 is 61.9 Å². The first kappa shape index (κ1) is 24.4. The van der Waals surface area contributed by atoms with Crippen molar-refractivity contribution in [2.45, 2.75) is 18.9 Å². The van der Waals surface area contributed by atoms with Crippen LogP contribution in [-0.2, 0) is 9.59 Å². The molecule has 1 aliphatic rings. The molecule has 1 aromatic carbocycles. The summed E-state index contributed by atoms with van der Waals surface area (Å²) < 4.78 is 0.660. The second-order valence-electron chi connectivity index (χ2n) is 8.36. The Morgan fingerprint density at radius 1 is 1.21 bits per heavy atom. The first-order valence-electron chi connectivity index (χ1n) is 11.0. The topological polar surface area (TPSA) is 110 Å². The molecule has 180 valence electrons. The van der Waals surface area contributed by atoms with Gasteiger partial charge in [0.2, 0.25) is 0 Å². The molecule has 1 saturated heterocycles. The van der Waals surface area contributed by atoms with Gasteiger partial charge in [0, 0.05) is 42.9 Å². The van der Waals surface area contributed by atoms with Crippen molar-refractivity contribution in [3.63, 3.8) is 0 Å². The molecule has 4 rings (SSSR count). The Morgan fingerprint density at radius 2 is 1.91 bits per heavy atom. The summed E-state index contributed by atoms with van der Waals surface area (Å²) >= 11 is 9.52. The van der Waals surface area contributed by atoms with E-state index in [1.54, 1.807) is 29.2 Å². The Morgan fingerprint density at radius 3 is 2.59 bits per heavy atom. The molecule has 10 nitrogen and oxygen atoms in total. The fourth-order valence-electron chi connectivity index (χ4n) is 4.06. The molecule has 1 fully saturated rings. The van der Waals surface area contributed by atoms with Crippen molar-refractivity contribution in [1.29, 1.82) is 0 Å². The molecule has 0 spiro atoms. The monoisotopic (exact) mass is 548 g/mol. The highest BCUT2D eigenvalue weighted by Crippen LogP contribution is 2.32. The average molecular weight is 550 g/mol. The lowest BCUT2D eigenvalue weighted by Crippen LogP contribution is -2.52. The number of amides is 2. The summed E-state index contributed by atoms with van der Waals surface area (Å²) in [6, 6.07) is 6.86. The van der Waals surface area contributed by atoms with Crippen molar-refractivity contribution in [1.82, 2.24) is 30.4 Å². The van der Waals surface area contributed by atoms with Crippen LogP contribution in [0.2, 0.25) is 5.02 Å². The maximum absolute atomic E-state index is 13.3. The highest BCUT2D eigenvalue weighted by atomic mass is 79.9. The van der Waals surface area contributed by atoms with Crippen LogP contribution in [0.25, 0.3) is 11.0 Å². The number of H-pyrrole nitrogens is 1. The van der Waals surface area contributed by atoms with Gasteiger partial charge in [-0.3, -0.25) is 14.7 Å². The highest BCUT2D eigenvalue weighted by Gasteiger charge is 2.33. The predicted octanol–water partition coefficient (Wildman–Crippen LogP) is 2.45. The fourth-order valence-corrected chi connectivity index (χ4v) is 4.64. The normalized spacial score (nSPS) is 14.6. The molecule has 2 amide bonds. The molecule has 0 aliphatic carbocycles. The average Bonchev–Trinajstić information content (AvgIpc) is 3.21. The van der Waals surface area contributed by atoms with E-state index in [1.807, 2.05) is 19.0 Å². The molecule has 12 heteroatoms. The van der Waals surface area contributed by atoms with E-state index in [1.165, 1.54) is 6.33 Å². The Labute approximate surface area is 210 Å². The van der Waals surface area contributed by atoms with Crippen LogP contribution in [0.15, 0.2) is 35.2 Å². The van der Waals surface area contributed by atoms with Crippen LogP contribution in [0.5, 0.6) is 0 Å². The van der Waals surface area contributed by atoms with Gasteiger partial charge in [-0.1, -0.05) is 11.6 Å². The van der Waals surface area contributed by atoms with Gasteiger partial charge in [-0.05, 0) is 67.1 Å². The first-order valence-corrected chi connectivity index (χ1v) is 12.1. The maximum atomic E-state index is 13.3. The zero-order valence-corrected chi connectivity index (χ0v) is 21.3. The summed E-state index contributed by atoms with van der Waals surface area (Å²) in [6.45, 7) is 2.37. The molecule has 3 aromatic rings. The number of carbonyl (C=O) groups is 2. The van der Waals surface area contributed by atoms with Gasteiger partial charge in [-0.25, -0.2) is 9.97 Å². The number of fused-ring (bicyclic) bond motifs is 1. The van der Waals surface area contributed by atoms with Gasteiger partial charge < -0.3 is 20.0 Å². The number of hydrogen-bond donors (Lipinski definition) is 2. The molecule has 34 heavy (non-hydrogen) atoms. The lowest BCUT2D eigenvalue weighted by atomic mass is 10.0. The molecule has 0 saturated carbocycles. The van der Waals surface area contributed by atoms with E-state index in [9.17, 15) is 9.59 Å². The van der Waals surface area contributed by atoms with E-state index < -0.39 is 11.8 Å². The van der Waals surface area contributed by atoms with E-state index in [2.05, 4.69) is 46.3 Å². The van der Waals surface area contributed by atoms with E-state index in [0.717, 1.165) is 11.2 Å². The number of halogens is 2. The number of hydrogen-bond acceptors (Lipinski definition) is 7. The molecule has 0 bridgehead atoms. The standard InChI is InChI=1S/C22H26BrClN8O2/c1-30(2)12-9-25-21(33)22(34)32(15-5-3-14(24)4-6-15)16-7-10-31(11-8-16)20-17-18(23)28-29-19(17)26-13-27-20/h3-6,13,16H,7-12H2,1-2H3,(H,25,33)(H,26,27,28,29). The van der Waals surface area contributed by atoms with Gasteiger partial charge in [0.25, 0.3) is 0 Å². The van der Waals surface area contributed by atoms with E-state index >= 15 is 0 Å². The van der Waals surface area contributed by atoms with Gasteiger partial charge >= 0.3 is 11.8 Å². The number of piperidine rings is 1. The third-order valence-electron chi connectivity index (χ3n) is 5.79. The smallest absolute Gasteiger partial charge is 0.316 e. The van der Waals surface area contributed by atoms with Gasteiger partial charge in [-0.15, -0.1) is 0 Å². The Balaban J connectivity index is 1.52. The summed E-state index contributed by atoms with van der Waals surface area (Å²) in [5, 5.41) is 11.2. The number of aromatic amines is 1. The van der Waals surface area contributed by atoms with Gasteiger partial charge in [0.05, 0.1) is 5.39 Å². The Hall–Kier alpha value is -2.76. The third-order valence-corrected chi connectivity index (χ3v) is 6.61. The van der Waals surface area contributed by atoms with Crippen LogP contribution in [0.1, 0.15) is 12.8 Å². The summed E-state index contributed by atoms with van der Waals surface area (Å²) in [5.41, 5.74) is 1.31. The number of benzene rings is 1. The van der Waals surface area contributed by atoms with Crippen LogP contribution in [0.3, 0.4) is 0 Å². The zero-order valence-electron chi connectivity index (χ0n) is 19.0. The molecule has 0 atom stereocenters. The molecule has 0 radical (unpaired) electrons. The highest BCUT2D eigenvalue weighted by molar-refractivity contribution is 9.10. The number of carbonyl (C=O) groups excluding carboxylic acids is 2.